The largest absolute Gasteiger partial charge is 0.494 e. The highest BCUT2D eigenvalue weighted by Crippen LogP contribution is 2.29. The lowest BCUT2D eigenvalue weighted by molar-refractivity contribution is 0.317. The van der Waals surface area contributed by atoms with Crippen LogP contribution in [-0.4, -0.2) is 11.6 Å². The first-order chi connectivity index (χ1) is 8.20. The summed E-state index contributed by atoms with van der Waals surface area (Å²) in [5.41, 5.74) is 7.74. The Hall–Kier alpha value is -1.55. The van der Waals surface area contributed by atoms with Gasteiger partial charge in [0, 0.05) is 10.4 Å². The van der Waals surface area contributed by atoms with E-state index < -0.39 is 0 Å². The molecule has 0 atom stereocenters. The highest BCUT2D eigenvalue weighted by atomic mass is 32.1. The van der Waals surface area contributed by atoms with Gasteiger partial charge in [-0.15, -0.1) is 11.3 Å². The van der Waals surface area contributed by atoms with E-state index in [0.29, 0.717) is 5.13 Å². The summed E-state index contributed by atoms with van der Waals surface area (Å²) < 4.78 is 5.54. The number of hydrogen-bond donors (Lipinski definition) is 1. The van der Waals surface area contributed by atoms with Crippen LogP contribution in [0.4, 0.5) is 5.13 Å². The molecule has 0 aliphatic heterocycles. The van der Waals surface area contributed by atoms with Gasteiger partial charge in [0.15, 0.2) is 5.13 Å². The van der Waals surface area contributed by atoms with Crippen molar-refractivity contribution in [3.63, 3.8) is 0 Å². The lowest BCUT2D eigenvalue weighted by Crippen LogP contribution is -1.94. The lowest BCUT2D eigenvalue weighted by atomic mass is 10.1. The molecule has 0 fully saturated rings. The average molecular weight is 248 g/mol. The van der Waals surface area contributed by atoms with E-state index in [1.54, 1.807) is 0 Å². The molecule has 0 bridgehead atoms. The smallest absolute Gasteiger partial charge is 0.180 e. The van der Waals surface area contributed by atoms with Gasteiger partial charge in [0.1, 0.15) is 5.75 Å². The lowest BCUT2D eigenvalue weighted by Gasteiger charge is -2.05. The molecule has 3 nitrogen and oxygen atoms in total. The molecule has 1 aromatic carbocycles. The monoisotopic (exact) mass is 248 g/mol. The number of nitrogens with two attached hydrogens (primary N) is 1. The third-order valence-corrected chi connectivity index (χ3v) is 3.21. The van der Waals surface area contributed by atoms with Crippen LogP contribution in [-0.2, 0) is 0 Å². The second-order valence-electron chi connectivity index (χ2n) is 3.83. The topological polar surface area (TPSA) is 48.1 Å². The van der Waals surface area contributed by atoms with Crippen molar-refractivity contribution in [3.05, 3.63) is 29.1 Å². The molecule has 0 unspecified atom stereocenters. The van der Waals surface area contributed by atoms with Crippen LogP contribution in [0, 0.1) is 6.92 Å². The molecule has 4 heteroatoms. The third-order valence-electron chi connectivity index (χ3n) is 2.41. The Morgan fingerprint density at radius 1 is 1.29 bits per heavy atom. The zero-order valence-corrected chi connectivity index (χ0v) is 10.9. The minimum Gasteiger partial charge on any atom is -0.494 e. The number of aryl methyl sites for hydroxylation is 1. The molecule has 1 heterocycles. The van der Waals surface area contributed by atoms with E-state index in [1.165, 1.54) is 11.3 Å². The van der Waals surface area contributed by atoms with Crippen molar-refractivity contribution in [2.75, 3.05) is 12.3 Å². The molecule has 0 spiro atoms. The van der Waals surface area contributed by atoms with E-state index >= 15 is 0 Å². The molecule has 0 radical (unpaired) electrons. The third kappa shape index (κ3) is 2.77. The SMILES string of the molecule is CCCOc1ccc(-c2nc(N)sc2C)cc1. The molecular weight excluding hydrogens is 232 g/mol. The maximum atomic E-state index is 5.70. The second kappa shape index (κ2) is 5.19. The molecule has 2 aromatic rings. The van der Waals surface area contributed by atoms with Crippen molar-refractivity contribution in [1.29, 1.82) is 0 Å². The summed E-state index contributed by atoms with van der Waals surface area (Å²) in [4.78, 5) is 5.47. The van der Waals surface area contributed by atoms with Crippen LogP contribution in [0.3, 0.4) is 0 Å². The van der Waals surface area contributed by atoms with Gasteiger partial charge in [-0.25, -0.2) is 4.98 Å². The quantitative estimate of drug-likeness (QED) is 0.901. The zero-order valence-electron chi connectivity index (χ0n) is 10.1. The fraction of sp³-hybridized carbons (Fsp3) is 0.308. The van der Waals surface area contributed by atoms with Crippen LogP contribution in [0.1, 0.15) is 18.2 Å². The van der Waals surface area contributed by atoms with Crippen LogP contribution in [0.5, 0.6) is 5.75 Å². The van der Waals surface area contributed by atoms with Crippen molar-refractivity contribution in [2.45, 2.75) is 20.3 Å². The van der Waals surface area contributed by atoms with Crippen molar-refractivity contribution in [3.8, 4) is 17.0 Å². The van der Waals surface area contributed by atoms with E-state index in [0.717, 1.165) is 34.9 Å². The Labute approximate surface area is 105 Å². The summed E-state index contributed by atoms with van der Waals surface area (Å²) in [7, 11) is 0. The Balaban J connectivity index is 2.20. The number of hydrogen-bond acceptors (Lipinski definition) is 4. The molecule has 2 rings (SSSR count). The van der Waals surface area contributed by atoms with Gasteiger partial charge in [-0.3, -0.25) is 0 Å². The number of nitrogens with zero attached hydrogens (tertiary/aromatic N) is 1. The van der Waals surface area contributed by atoms with E-state index in [2.05, 4.69) is 11.9 Å². The minimum atomic E-state index is 0.615. The number of anilines is 1. The number of rotatable bonds is 4. The standard InChI is InChI=1S/C13H16N2OS/c1-3-8-16-11-6-4-10(5-7-11)12-9(2)17-13(14)15-12/h4-7H,3,8H2,1-2H3,(H2,14,15). The van der Waals surface area contributed by atoms with Crippen LogP contribution in [0.2, 0.25) is 0 Å². The van der Waals surface area contributed by atoms with E-state index in [1.807, 2.05) is 31.2 Å². The Bertz CT molecular complexity index is 491. The minimum absolute atomic E-state index is 0.615. The molecule has 0 aliphatic rings. The van der Waals surface area contributed by atoms with Gasteiger partial charge < -0.3 is 10.5 Å². The van der Waals surface area contributed by atoms with Gasteiger partial charge in [-0.2, -0.15) is 0 Å². The first-order valence-corrected chi connectivity index (χ1v) is 6.48. The van der Waals surface area contributed by atoms with Crippen LogP contribution in [0.15, 0.2) is 24.3 Å². The van der Waals surface area contributed by atoms with Crippen molar-refractivity contribution in [2.24, 2.45) is 0 Å². The summed E-state index contributed by atoms with van der Waals surface area (Å²) in [5, 5.41) is 0.615. The van der Waals surface area contributed by atoms with Gasteiger partial charge in [0.2, 0.25) is 0 Å². The van der Waals surface area contributed by atoms with Gasteiger partial charge in [-0.1, -0.05) is 6.92 Å². The molecular formula is C13H16N2OS. The summed E-state index contributed by atoms with van der Waals surface area (Å²) in [5.74, 6) is 0.899. The molecule has 17 heavy (non-hydrogen) atoms. The number of benzene rings is 1. The maximum Gasteiger partial charge on any atom is 0.180 e. The molecule has 0 saturated heterocycles. The normalized spacial score (nSPS) is 10.5. The number of aromatic nitrogens is 1. The second-order valence-corrected chi connectivity index (χ2v) is 5.06. The Kier molecular flexibility index (Phi) is 3.64. The van der Waals surface area contributed by atoms with Crippen LogP contribution < -0.4 is 10.5 Å². The summed E-state index contributed by atoms with van der Waals surface area (Å²) in [6, 6.07) is 7.99. The van der Waals surface area contributed by atoms with E-state index in [-0.39, 0.29) is 0 Å². The fourth-order valence-corrected chi connectivity index (χ4v) is 2.32. The molecule has 90 valence electrons. The highest BCUT2D eigenvalue weighted by Gasteiger charge is 2.07. The van der Waals surface area contributed by atoms with Crippen molar-refractivity contribution in [1.82, 2.24) is 4.98 Å². The predicted molar refractivity (Wildman–Crippen MR) is 72.5 cm³/mol. The average Bonchev–Trinajstić information content (AvgIpc) is 2.66. The highest BCUT2D eigenvalue weighted by molar-refractivity contribution is 7.15. The van der Waals surface area contributed by atoms with Gasteiger partial charge >= 0.3 is 0 Å². The van der Waals surface area contributed by atoms with Crippen molar-refractivity contribution >= 4 is 16.5 Å². The molecule has 0 aliphatic carbocycles. The Morgan fingerprint density at radius 3 is 2.53 bits per heavy atom. The number of thiazole rings is 1. The molecule has 2 N–H and O–H groups in total. The van der Waals surface area contributed by atoms with E-state index in [9.17, 15) is 0 Å². The number of nitrogen functional groups attached to an aromatic ring is 1. The number of ether oxygens (including phenoxy) is 1. The molecule has 1 aromatic heterocycles. The van der Waals surface area contributed by atoms with Crippen LogP contribution in [0.25, 0.3) is 11.3 Å². The Morgan fingerprint density at radius 2 is 2.00 bits per heavy atom. The summed E-state index contributed by atoms with van der Waals surface area (Å²) in [6.45, 7) is 4.88. The summed E-state index contributed by atoms with van der Waals surface area (Å²) >= 11 is 1.52. The first kappa shape index (κ1) is 11.9. The first-order valence-electron chi connectivity index (χ1n) is 5.67. The van der Waals surface area contributed by atoms with E-state index in [4.69, 9.17) is 10.5 Å². The molecule has 0 amide bonds. The summed E-state index contributed by atoms with van der Waals surface area (Å²) in [6.07, 6.45) is 1.02. The van der Waals surface area contributed by atoms with Crippen molar-refractivity contribution < 1.29 is 4.74 Å². The maximum absolute atomic E-state index is 5.70. The predicted octanol–water partition coefficient (Wildman–Crippen LogP) is 3.49. The van der Waals surface area contributed by atoms with Gasteiger partial charge in [-0.05, 0) is 37.6 Å². The molecule has 0 saturated carbocycles. The van der Waals surface area contributed by atoms with Gasteiger partial charge in [0.25, 0.3) is 0 Å². The van der Waals surface area contributed by atoms with Gasteiger partial charge in [0.05, 0.1) is 12.3 Å². The zero-order chi connectivity index (χ0) is 12.3. The van der Waals surface area contributed by atoms with Crippen LogP contribution >= 0.6 is 11.3 Å². The fourth-order valence-electron chi connectivity index (χ4n) is 1.61.